The average Bonchev–Trinajstić information content (AvgIpc) is 2.82. The third-order valence-corrected chi connectivity index (χ3v) is 3.87. The molecule has 6 heteroatoms. The van der Waals surface area contributed by atoms with Crippen LogP contribution in [0.15, 0.2) is 12.1 Å². The van der Waals surface area contributed by atoms with Crippen molar-refractivity contribution in [3.8, 4) is 0 Å². The number of pyridine rings is 1. The Morgan fingerprint density at radius 2 is 2.29 bits per heavy atom. The van der Waals surface area contributed by atoms with Gasteiger partial charge in [0, 0.05) is 25.2 Å². The fraction of sp³-hybridized carbons (Fsp3) is 0.667. The second-order valence-electron chi connectivity index (χ2n) is 6.12. The molecule has 1 aromatic heterocycles. The van der Waals surface area contributed by atoms with Crippen LogP contribution in [0, 0.1) is 23.0 Å². The van der Waals surface area contributed by atoms with Crippen molar-refractivity contribution in [1.29, 1.82) is 0 Å². The first kappa shape index (κ1) is 15.7. The molecule has 0 aromatic carbocycles. The van der Waals surface area contributed by atoms with Crippen LogP contribution in [0.25, 0.3) is 0 Å². The topological polar surface area (TPSA) is 71.3 Å². The fourth-order valence-electron chi connectivity index (χ4n) is 2.90. The van der Waals surface area contributed by atoms with Gasteiger partial charge in [-0.1, -0.05) is 13.8 Å². The van der Waals surface area contributed by atoms with Gasteiger partial charge in [0.2, 0.25) is 0 Å². The number of likely N-dealkylation sites (tertiary alicyclic amines) is 1. The van der Waals surface area contributed by atoms with Crippen LogP contribution in [-0.4, -0.2) is 40.5 Å². The molecule has 2 heterocycles. The van der Waals surface area contributed by atoms with Crippen LogP contribution >= 0.6 is 0 Å². The predicted molar refractivity (Wildman–Crippen MR) is 83.6 cm³/mol. The molecule has 1 fully saturated rings. The highest BCUT2D eigenvalue weighted by Crippen LogP contribution is 2.21. The molecule has 1 saturated heterocycles. The van der Waals surface area contributed by atoms with Gasteiger partial charge in [-0.15, -0.1) is 0 Å². The van der Waals surface area contributed by atoms with Crippen LogP contribution in [0.4, 0.5) is 11.5 Å². The molecule has 21 heavy (non-hydrogen) atoms. The summed E-state index contributed by atoms with van der Waals surface area (Å²) in [5, 5.41) is 14.1. The largest absolute Gasteiger partial charge is 0.368 e. The molecule has 6 nitrogen and oxygen atoms in total. The molecular weight excluding hydrogens is 268 g/mol. The number of aryl methyl sites for hydroxylation is 1. The van der Waals surface area contributed by atoms with Crippen molar-refractivity contribution in [1.82, 2.24) is 9.88 Å². The smallest absolute Gasteiger partial charge is 0.290 e. The van der Waals surface area contributed by atoms with E-state index in [1.165, 1.54) is 18.9 Å². The van der Waals surface area contributed by atoms with Gasteiger partial charge in [0.05, 0.1) is 4.92 Å². The third kappa shape index (κ3) is 4.14. The van der Waals surface area contributed by atoms with Crippen molar-refractivity contribution in [2.24, 2.45) is 5.92 Å². The van der Waals surface area contributed by atoms with E-state index in [0.717, 1.165) is 25.5 Å². The standard InChI is InChI=1S/C15H24N4O2/c1-11(2)10-18-8-4-5-13(18)9-16-15-7-6-14(19(20)21)12(3)17-15/h6-7,11,13H,4-5,8-10H2,1-3H3,(H,16,17)/t13-/m0/s1. The Hall–Kier alpha value is -1.69. The van der Waals surface area contributed by atoms with Crippen LogP contribution < -0.4 is 5.32 Å². The second kappa shape index (κ2) is 6.85. The van der Waals surface area contributed by atoms with E-state index in [1.807, 2.05) is 0 Å². The quantitative estimate of drug-likeness (QED) is 0.645. The molecular formula is C15H24N4O2. The van der Waals surface area contributed by atoms with E-state index >= 15 is 0 Å². The molecule has 0 radical (unpaired) electrons. The van der Waals surface area contributed by atoms with Gasteiger partial charge in [0.25, 0.3) is 5.69 Å². The molecule has 0 saturated carbocycles. The predicted octanol–water partition coefficient (Wildman–Crippen LogP) is 2.83. The summed E-state index contributed by atoms with van der Waals surface area (Å²) in [6, 6.07) is 3.74. The van der Waals surface area contributed by atoms with Crippen LogP contribution in [0.3, 0.4) is 0 Å². The van der Waals surface area contributed by atoms with Gasteiger partial charge < -0.3 is 5.32 Å². The van der Waals surface area contributed by atoms with E-state index in [2.05, 4.69) is 29.0 Å². The molecule has 0 amide bonds. The van der Waals surface area contributed by atoms with Crippen molar-refractivity contribution in [2.45, 2.75) is 39.7 Å². The summed E-state index contributed by atoms with van der Waals surface area (Å²) in [5.74, 6) is 1.39. The highest BCUT2D eigenvalue weighted by atomic mass is 16.6. The lowest BCUT2D eigenvalue weighted by Gasteiger charge is -2.26. The zero-order valence-electron chi connectivity index (χ0n) is 13.0. The Morgan fingerprint density at radius 3 is 2.90 bits per heavy atom. The van der Waals surface area contributed by atoms with Crippen LogP contribution in [0.5, 0.6) is 0 Å². The van der Waals surface area contributed by atoms with Gasteiger partial charge in [0.15, 0.2) is 0 Å². The summed E-state index contributed by atoms with van der Waals surface area (Å²) in [7, 11) is 0. The highest BCUT2D eigenvalue weighted by Gasteiger charge is 2.24. The zero-order chi connectivity index (χ0) is 15.4. The second-order valence-corrected chi connectivity index (χ2v) is 6.12. The van der Waals surface area contributed by atoms with E-state index in [1.54, 1.807) is 13.0 Å². The van der Waals surface area contributed by atoms with Crippen molar-refractivity contribution >= 4 is 11.5 Å². The van der Waals surface area contributed by atoms with Crippen molar-refractivity contribution in [3.63, 3.8) is 0 Å². The van der Waals surface area contributed by atoms with Crippen molar-refractivity contribution in [2.75, 3.05) is 25.0 Å². The maximum Gasteiger partial charge on any atom is 0.290 e. The summed E-state index contributed by atoms with van der Waals surface area (Å²) < 4.78 is 0. The number of anilines is 1. The first-order chi connectivity index (χ1) is 9.97. The summed E-state index contributed by atoms with van der Waals surface area (Å²) >= 11 is 0. The summed E-state index contributed by atoms with van der Waals surface area (Å²) in [6.07, 6.45) is 2.44. The zero-order valence-corrected chi connectivity index (χ0v) is 13.0. The van der Waals surface area contributed by atoms with Crippen LogP contribution in [0.1, 0.15) is 32.4 Å². The van der Waals surface area contributed by atoms with Gasteiger partial charge in [-0.3, -0.25) is 15.0 Å². The summed E-state index contributed by atoms with van der Waals surface area (Å²) in [6.45, 7) is 9.28. The Kier molecular flexibility index (Phi) is 5.12. The minimum absolute atomic E-state index is 0.0721. The lowest BCUT2D eigenvalue weighted by Crippen LogP contribution is -2.37. The minimum atomic E-state index is -0.395. The lowest BCUT2D eigenvalue weighted by molar-refractivity contribution is -0.385. The summed E-state index contributed by atoms with van der Waals surface area (Å²) in [4.78, 5) is 17.2. The van der Waals surface area contributed by atoms with Gasteiger partial charge >= 0.3 is 0 Å². The monoisotopic (exact) mass is 292 g/mol. The van der Waals surface area contributed by atoms with Crippen LogP contribution in [-0.2, 0) is 0 Å². The van der Waals surface area contributed by atoms with E-state index < -0.39 is 4.92 Å². The first-order valence-electron chi connectivity index (χ1n) is 7.57. The van der Waals surface area contributed by atoms with E-state index in [0.29, 0.717) is 17.7 Å². The van der Waals surface area contributed by atoms with Crippen molar-refractivity contribution in [3.05, 3.63) is 27.9 Å². The maximum absolute atomic E-state index is 10.8. The number of nitrogens with zero attached hydrogens (tertiary/aromatic N) is 3. The van der Waals surface area contributed by atoms with Crippen molar-refractivity contribution < 1.29 is 4.92 Å². The van der Waals surface area contributed by atoms with Gasteiger partial charge in [-0.2, -0.15) is 0 Å². The third-order valence-electron chi connectivity index (χ3n) is 3.87. The number of nitrogens with one attached hydrogen (secondary N) is 1. The Morgan fingerprint density at radius 1 is 1.52 bits per heavy atom. The fourth-order valence-corrected chi connectivity index (χ4v) is 2.90. The lowest BCUT2D eigenvalue weighted by atomic mass is 10.1. The molecule has 0 spiro atoms. The minimum Gasteiger partial charge on any atom is -0.368 e. The maximum atomic E-state index is 10.8. The molecule has 0 unspecified atom stereocenters. The van der Waals surface area contributed by atoms with E-state index in [4.69, 9.17) is 0 Å². The molecule has 116 valence electrons. The average molecular weight is 292 g/mol. The molecule has 1 atom stereocenters. The Bertz CT molecular complexity index is 504. The normalized spacial score (nSPS) is 19.1. The molecule has 1 aliphatic rings. The molecule has 1 aromatic rings. The number of rotatable bonds is 6. The van der Waals surface area contributed by atoms with E-state index in [-0.39, 0.29) is 5.69 Å². The Balaban J connectivity index is 1.93. The van der Waals surface area contributed by atoms with Gasteiger partial charge in [-0.05, 0) is 38.3 Å². The molecule has 1 N–H and O–H groups in total. The van der Waals surface area contributed by atoms with E-state index in [9.17, 15) is 10.1 Å². The van der Waals surface area contributed by atoms with Gasteiger partial charge in [0.1, 0.15) is 11.5 Å². The number of aromatic nitrogens is 1. The Labute approximate surface area is 125 Å². The molecule has 0 aliphatic carbocycles. The molecule has 0 bridgehead atoms. The number of hydrogen-bond acceptors (Lipinski definition) is 5. The molecule has 1 aliphatic heterocycles. The number of nitro groups is 1. The first-order valence-corrected chi connectivity index (χ1v) is 7.57. The SMILES string of the molecule is Cc1nc(NC[C@@H]2CCCN2CC(C)C)ccc1[N+](=O)[O-]. The van der Waals surface area contributed by atoms with Gasteiger partial charge in [-0.25, -0.2) is 4.98 Å². The molecule has 2 rings (SSSR count). The highest BCUT2D eigenvalue weighted by molar-refractivity contribution is 5.44. The summed E-state index contributed by atoms with van der Waals surface area (Å²) in [5.41, 5.74) is 0.526. The number of hydrogen-bond donors (Lipinski definition) is 1. The van der Waals surface area contributed by atoms with Crippen LogP contribution in [0.2, 0.25) is 0 Å².